The van der Waals surface area contributed by atoms with Crippen LogP contribution in [0.4, 0.5) is 5.69 Å². The minimum Gasteiger partial charge on any atom is -0.480 e. The highest BCUT2D eigenvalue weighted by atomic mass is 16.5. The van der Waals surface area contributed by atoms with Crippen LogP contribution in [0.3, 0.4) is 0 Å². The Morgan fingerprint density at radius 2 is 2.19 bits per heavy atom. The summed E-state index contributed by atoms with van der Waals surface area (Å²) in [6.45, 7) is 1.85. The lowest BCUT2D eigenvalue weighted by molar-refractivity contribution is -0.140. The molecule has 1 amide bonds. The maximum atomic E-state index is 12.6. The molecule has 0 aromatic heterocycles. The van der Waals surface area contributed by atoms with Crippen molar-refractivity contribution in [2.24, 2.45) is 0 Å². The molecule has 2 unspecified atom stereocenters. The zero-order valence-electron chi connectivity index (χ0n) is 11.6. The molecule has 2 atom stereocenters. The lowest BCUT2D eigenvalue weighted by atomic mass is 10.1. The molecule has 2 heterocycles. The minimum atomic E-state index is -0.965. The molecule has 1 aromatic carbocycles. The van der Waals surface area contributed by atoms with E-state index in [2.05, 4.69) is 5.32 Å². The minimum absolute atomic E-state index is 0.0477. The van der Waals surface area contributed by atoms with Crippen LogP contribution in [0.5, 0.6) is 0 Å². The van der Waals surface area contributed by atoms with Crippen molar-refractivity contribution in [2.75, 3.05) is 24.7 Å². The number of amides is 1. The summed E-state index contributed by atoms with van der Waals surface area (Å²) in [4.78, 5) is 25.4. The highest BCUT2D eigenvalue weighted by Crippen LogP contribution is 2.32. The third-order valence-corrected chi connectivity index (χ3v) is 3.95. The molecule has 0 spiro atoms. The number of fused-ring (bicyclic) bond motifs is 1. The number of benzene rings is 1. The first-order chi connectivity index (χ1) is 10.2. The Hall–Kier alpha value is -1.92. The summed E-state index contributed by atoms with van der Waals surface area (Å²) in [5.41, 5.74) is 1.62. The molecule has 2 N–H and O–H groups in total. The van der Waals surface area contributed by atoms with E-state index in [9.17, 15) is 14.7 Å². The summed E-state index contributed by atoms with van der Waals surface area (Å²) in [7, 11) is 0. The number of hydrogen-bond acceptors (Lipinski definition) is 4. The molecule has 0 aliphatic carbocycles. The Bertz CT molecular complexity index is 554. The predicted molar refractivity (Wildman–Crippen MR) is 76.3 cm³/mol. The fraction of sp³-hybridized carbons (Fsp3) is 0.467. The number of nitrogens with one attached hydrogen (secondary N) is 1. The van der Waals surface area contributed by atoms with E-state index in [4.69, 9.17) is 4.74 Å². The highest BCUT2D eigenvalue weighted by Gasteiger charge is 2.38. The average molecular weight is 290 g/mol. The third-order valence-electron chi connectivity index (χ3n) is 3.95. The first kappa shape index (κ1) is 14.0. The van der Waals surface area contributed by atoms with Gasteiger partial charge in [0.25, 0.3) is 0 Å². The van der Waals surface area contributed by atoms with E-state index in [1.54, 1.807) is 6.07 Å². The molecular weight excluding hydrogens is 272 g/mol. The average Bonchev–Trinajstić information content (AvgIpc) is 2.88. The second-order valence-corrected chi connectivity index (χ2v) is 5.38. The zero-order valence-corrected chi connectivity index (χ0v) is 11.6. The number of carboxylic acids is 1. The smallest absolute Gasteiger partial charge is 0.327 e. The molecule has 0 bridgehead atoms. The maximum absolute atomic E-state index is 12.6. The van der Waals surface area contributed by atoms with Crippen LogP contribution in [0.25, 0.3) is 0 Å². The van der Waals surface area contributed by atoms with Crippen molar-refractivity contribution in [3.63, 3.8) is 0 Å². The summed E-state index contributed by atoms with van der Waals surface area (Å²) < 4.78 is 5.34. The molecule has 1 fully saturated rings. The quantitative estimate of drug-likeness (QED) is 0.843. The Kier molecular flexibility index (Phi) is 3.90. The number of ether oxygens (including phenoxy) is 1. The molecule has 112 valence electrons. The number of morpholine rings is 1. The maximum Gasteiger partial charge on any atom is 0.327 e. The van der Waals surface area contributed by atoms with E-state index in [0.29, 0.717) is 25.3 Å². The summed E-state index contributed by atoms with van der Waals surface area (Å²) in [5, 5.41) is 12.6. The lowest BCUT2D eigenvalue weighted by Crippen LogP contribution is -2.48. The van der Waals surface area contributed by atoms with Gasteiger partial charge in [0, 0.05) is 31.1 Å². The molecule has 6 nitrogen and oxygen atoms in total. The van der Waals surface area contributed by atoms with Crippen LogP contribution in [-0.2, 0) is 20.7 Å². The lowest BCUT2D eigenvalue weighted by Gasteiger charge is -2.27. The number of para-hydroxylation sites is 1. The fourth-order valence-electron chi connectivity index (χ4n) is 2.95. The topological polar surface area (TPSA) is 78.9 Å². The van der Waals surface area contributed by atoms with Crippen molar-refractivity contribution >= 4 is 17.6 Å². The second kappa shape index (κ2) is 5.83. The van der Waals surface area contributed by atoms with Crippen LogP contribution in [-0.4, -0.2) is 48.8 Å². The number of carboxylic acid groups (broad SMARTS) is 1. The van der Waals surface area contributed by atoms with Gasteiger partial charge >= 0.3 is 5.97 Å². The Labute approximate surface area is 122 Å². The molecule has 2 aliphatic rings. The largest absolute Gasteiger partial charge is 0.480 e. The first-order valence-corrected chi connectivity index (χ1v) is 7.10. The van der Waals surface area contributed by atoms with Gasteiger partial charge in [0.15, 0.2) is 0 Å². The Morgan fingerprint density at radius 3 is 2.90 bits per heavy atom. The van der Waals surface area contributed by atoms with Gasteiger partial charge in [0.1, 0.15) is 6.04 Å². The molecular formula is C15H18N2O4. The molecule has 3 rings (SSSR count). The third kappa shape index (κ3) is 2.77. The number of carbonyl (C=O) groups excluding carboxylic acids is 1. The number of aliphatic carboxylic acids is 1. The van der Waals surface area contributed by atoms with Crippen LogP contribution >= 0.6 is 0 Å². The van der Waals surface area contributed by atoms with E-state index in [1.807, 2.05) is 18.2 Å². The molecule has 0 radical (unpaired) electrons. The van der Waals surface area contributed by atoms with E-state index in [0.717, 1.165) is 12.1 Å². The second-order valence-electron chi connectivity index (χ2n) is 5.38. The molecule has 0 saturated carbocycles. The normalized spacial score (nSPS) is 24.7. The van der Waals surface area contributed by atoms with Gasteiger partial charge < -0.3 is 15.2 Å². The fourth-order valence-corrected chi connectivity index (χ4v) is 2.95. The standard InChI is InChI=1S/C15H18N2O4/c18-14(8-11-9-21-6-5-16-11)17-12-4-2-1-3-10(12)7-13(17)15(19)20/h1-4,11,13,16H,5-9H2,(H,19,20). The van der Waals surface area contributed by atoms with Crippen LogP contribution < -0.4 is 10.2 Å². The van der Waals surface area contributed by atoms with Crippen molar-refractivity contribution in [3.8, 4) is 0 Å². The van der Waals surface area contributed by atoms with Gasteiger partial charge in [-0.15, -0.1) is 0 Å². The van der Waals surface area contributed by atoms with Crippen LogP contribution in [0, 0.1) is 0 Å². The number of nitrogens with zero attached hydrogens (tertiary/aromatic N) is 1. The predicted octanol–water partition coefficient (Wildman–Crippen LogP) is 0.407. The van der Waals surface area contributed by atoms with Gasteiger partial charge in [-0.05, 0) is 11.6 Å². The highest BCUT2D eigenvalue weighted by molar-refractivity contribution is 6.02. The van der Waals surface area contributed by atoms with Crippen molar-refractivity contribution < 1.29 is 19.4 Å². The van der Waals surface area contributed by atoms with E-state index in [1.165, 1.54) is 4.90 Å². The SMILES string of the molecule is O=C(O)C1Cc2ccccc2N1C(=O)CC1COCCN1. The Balaban J connectivity index is 1.80. The summed E-state index contributed by atoms with van der Waals surface area (Å²) >= 11 is 0. The van der Waals surface area contributed by atoms with Crippen molar-refractivity contribution in [3.05, 3.63) is 29.8 Å². The van der Waals surface area contributed by atoms with E-state index in [-0.39, 0.29) is 18.4 Å². The number of rotatable bonds is 3. The number of hydrogen-bond donors (Lipinski definition) is 2. The number of carbonyl (C=O) groups is 2. The molecule has 21 heavy (non-hydrogen) atoms. The van der Waals surface area contributed by atoms with E-state index < -0.39 is 12.0 Å². The first-order valence-electron chi connectivity index (χ1n) is 7.10. The van der Waals surface area contributed by atoms with Crippen molar-refractivity contribution in [2.45, 2.75) is 24.9 Å². The summed E-state index contributed by atoms with van der Waals surface area (Å²) in [5.74, 6) is -1.14. The van der Waals surface area contributed by atoms with Crippen LogP contribution in [0.1, 0.15) is 12.0 Å². The summed E-state index contributed by atoms with van der Waals surface area (Å²) in [6.07, 6.45) is 0.615. The van der Waals surface area contributed by atoms with Crippen LogP contribution in [0.15, 0.2) is 24.3 Å². The molecule has 6 heteroatoms. The Morgan fingerprint density at radius 1 is 1.38 bits per heavy atom. The van der Waals surface area contributed by atoms with Crippen LogP contribution in [0.2, 0.25) is 0 Å². The van der Waals surface area contributed by atoms with Gasteiger partial charge in [0.05, 0.1) is 13.2 Å². The van der Waals surface area contributed by atoms with Gasteiger partial charge in [-0.25, -0.2) is 4.79 Å². The van der Waals surface area contributed by atoms with Crippen molar-refractivity contribution in [1.82, 2.24) is 5.32 Å². The molecule has 1 aromatic rings. The van der Waals surface area contributed by atoms with Gasteiger partial charge in [-0.3, -0.25) is 9.69 Å². The van der Waals surface area contributed by atoms with Crippen molar-refractivity contribution in [1.29, 1.82) is 0 Å². The molecule has 1 saturated heterocycles. The van der Waals surface area contributed by atoms with Gasteiger partial charge in [-0.2, -0.15) is 0 Å². The van der Waals surface area contributed by atoms with Gasteiger partial charge in [-0.1, -0.05) is 18.2 Å². The monoisotopic (exact) mass is 290 g/mol. The molecule has 2 aliphatic heterocycles. The zero-order chi connectivity index (χ0) is 14.8. The van der Waals surface area contributed by atoms with E-state index >= 15 is 0 Å². The number of anilines is 1. The summed E-state index contributed by atoms with van der Waals surface area (Å²) in [6, 6.07) is 6.52. The van der Waals surface area contributed by atoms with Gasteiger partial charge in [0.2, 0.25) is 5.91 Å².